The highest BCUT2D eigenvalue weighted by atomic mass is 32.2. The summed E-state index contributed by atoms with van der Waals surface area (Å²) >= 11 is 0. The van der Waals surface area contributed by atoms with Crippen LogP contribution in [0.2, 0.25) is 0 Å². The van der Waals surface area contributed by atoms with Gasteiger partial charge in [0.1, 0.15) is 0 Å². The molecule has 0 unspecified atom stereocenters. The van der Waals surface area contributed by atoms with E-state index >= 15 is 0 Å². The SMILES string of the molecule is CCCCN(C)S(=O)(=O)c1cccc(C(=O)NCc2ccccn2)c1. The Morgan fingerprint density at radius 3 is 2.68 bits per heavy atom. The third kappa shape index (κ3) is 5.11. The van der Waals surface area contributed by atoms with Gasteiger partial charge < -0.3 is 5.32 Å². The highest BCUT2D eigenvalue weighted by Crippen LogP contribution is 2.16. The van der Waals surface area contributed by atoms with Crippen LogP contribution in [-0.2, 0) is 16.6 Å². The summed E-state index contributed by atoms with van der Waals surface area (Å²) in [6.07, 6.45) is 3.36. The van der Waals surface area contributed by atoms with Crippen molar-refractivity contribution < 1.29 is 13.2 Å². The van der Waals surface area contributed by atoms with Gasteiger partial charge in [0, 0.05) is 25.4 Å². The van der Waals surface area contributed by atoms with E-state index in [0.717, 1.165) is 18.5 Å². The molecule has 0 fully saturated rings. The second-order valence-electron chi connectivity index (χ2n) is 5.71. The highest BCUT2D eigenvalue weighted by molar-refractivity contribution is 7.89. The molecule has 7 heteroatoms. The third-order valence-electron chi connectivity index (χ3n) is 3.79. The maximum Gasteiger partial charge on any atom is 0.251 e. The molecule has 0 spiro atoms. The van der Waals surface area contributed by atoms with Gasteiger partial charge in [0.15, 0.2) is 0 Å². The minimum atomic E-state index is -3.59. The molecule has 6 nitrogen and oxygen atoms in total. The zero-order chi connectivity index (χ0) is 18.3. The van der Waals surface area contributed by atoms with Crippen molar-refractivity contribution in [1.82, 2.24) is 14.6 Å². The number of sulfonamides is 1. The first-order chi connectivity index (χ1) is 11.9. The highest BCUT2D eigenvalue weighted by Gasteiger charge is 2.21. The molecule has 0 aliphatic heterocycles. The van der Waals surface area contributed by atoms with Crippen molar-refractivity contribution in [3.8, 4) is 0 Å². The van der Waals surface area contributed by atoms with E-state index in [0.29, 0.717) is 12.1 Å². The molecular formula is C18H23N3O3S. The number of amides is 1. The predicted octanol–water partition coefficient (Wildman–Crippen LogP) is 2.43. The quantitative estimate of drug-likeness (QED) is 0.783. The molecule has 0 atom stereocenters. The van der Waals surface area contributed by atoms with Gasteiger partial charge in [-0.2, -0.15) is 0 Å². The summed E-state index contributed by atoms with van der Waals surface area (Å²) in [6, 6.07) is 11.5. The normalized spacial score (nSPS) is 11.5. The molecule has 0 aliphatic rings. The van der Waals surface area contributed by atoms with E-state index in [1.165, 1.54) is 16.4 Å². The van der Waals surface area contributed by atoms with Crippen LogP contribution in [0.25, 0.3) is 0 Å². The molecule has 0 saturated heterocycles. The van der Waals surface area contributed by atoms with Gasteiger partial charge in [0.05, 0.1) is 17.1 Å². The number of hydrogen-bond acceptors (Lipinski definition) is 4. The number of nitrogens with zero attached hydrogens (tertiary/aromatic N) is 2. The summed E-state index contributed by atoms with van der Waals surface area (Å²) in [5.74, 6) is -0.334. The topological polar surface area (TPSA) is 79.4 Å². The lowest BCUT2D eigenvalue weighted by Crippen LogP contribution is -2.28. The summed E-state index contributed by atoms with van der Waals surface area (Å²) < 4.78 is 26.5. The minimum absolute atomic E-state index is 0.122. The van der Waals surface area contributed by atoms with E-state index in [9.17, 15) is 13.2 Å². The molecule has 0 aliphatic carbocycles. The zero-order valence-corrected chi connectivity index (χ0v) is 15.3. The lowest BCUT2D eigenvalue weighted by Gasteiger charge is -2.17. The number of nitrogens with one attached hydrogen (secondary N) is 1. The summed E-state index contributed by atoms with van der Waals surface area (Å²) in [7, 11) is -2.04. The number of rotatable bonds is 8. The standard InChI is InChI=1S/C18H23N3O3S/c1-3-4-12-21(2)25(23,24)17-10-7-8-15(13-17)18(22)20-14-16-9-5-6-11-19-16/h5-11,13H,3-4,12,14H2,1-2H3,(H,20,22). The first-order valence-electron chi connectivity index (χ1n) is 8.19. The van der Waals surface area contributed by atoms with Crippen molar-refractivity contribution in [3.05, 3.63) is 59.9 Å². The number of aromatic nitrogens is 1. The maximum atomic E-state index is 12.6. The van der Waals surface area contributed by atoms with Crippen LogP contribution in [0, 0.1) is 0 Å². The molecule has 1 aromatic heterocycles. The fraction of sp³-hybridized carbons (Fsp3) is 0.333. The van der Waals surface area contributed by atoms with Crippen molar-refractivity contribution >= 4 is 15.9 Å². The van der Waals surface area contributed by atoms with Crippen molar-refractivity contribution in [3.63, 3.8) is 0 Å². The van der Waals surface area contributed by atoms with E-state index < -0.39 is 10.0 Å². The lowest BCUT2D eigenvalue weighted by molar-refractivity contribution is 0.0950. The van der Waals surface area contributed by atoms with Gasteiger partial charge in [-0.1, -0.05) is 25.5 Å². The van der Waals surface area contributed by atoms with Crippen molar-refractivity contribution in [1.29, 1.82) is 0 Å². The number of benzene rings is 1. The Morgan fingerprint density at radius 1 is 1.20 bits per heavy atom. The molecule has 1 amide bonds. The minimum Gasteiger partial charge on any atom is -0.346 e. The summed E-state index contributed by atoms with van der Waals surface area (Å²) in [5.41, 5.74) is 1.04. The van der Waals surface area contributed by atoms with Gasteiger partial charge in [-0.3, -0.25) is 9.78 Å². The zero-order valence-electron chi connectivity index (χ0n) is 14.5. The van der Waals surface area contributed by atoms with Crippen LogP contribution in [0.1, 0.15) is 35.8 Å². The summed E-state index contributed by atoms with van der Waals surface area (Å²) in [6.45, 7) is 2.75. The third-order valence-corrected chi connectivity index (χ3v) is 5.64. The number of carbonyl (C=O) groups is 1. The number of hydrogen-bond donors (Lipinski definition) is 1. The molecule has 2 rings (SSSR count). The largest absolute Gasteiger partial charge is 0.346 e. The summed E-state index contributed by atoms with van der Waals surface area (Å²) in [5, 5.41) is 2.75. The monoisotopic (exact) mass is 361 g/mol. The van der Waals surface area contributed by atoms with E-state index in [1.54, 1.807) is 31.4 Å². The lowest BCUT2D eigenvalue weighted by atomic mass is 10.2. The Balaban J connectivity index is 2.11. The second-order valence-corrected chi connectivity index (χ2v) is 7.76. The van der Waals surface area contributed by atoms with Crippen LogP contribution >= 0.6 is 0 Å². The molecule has 1 aromatic carbocycles. The Labute approximate surface area is 148 Å². The number of unbranched alkanes of at least 4 members (excludes halogenated alkanes) is 1. The van der Waals surface area contributed by atoms with Crippen LogP contribution in [0.3, 0.4) is 0 Å². The van der Waals surface area contributed by atoms with Gasteiger partial charge in [-0.25, -0.2) is 12.7 Å². The molecule has 134 valence electrons. The molecule has 25 heavy (non-hydrogen) atoms. The fourth-order valence-electron chi connectivity index (χ4n) is 2.25. The second kappa shape index (κ2) is 8.73. The Morgan fingerprint density at radius 2 is 2.00 bits per heavy atom. The van der Waals surface area contributed by atoms with E-state index in [-0.39, 0.29) is 17.3 Å². The summed E-state index contributed by atoms with van der Waals surface area (Å²) in [4.78, 5) is 16.5. The molecule has 2 aromatic rings. The van der Waals surface area contributed by atoms with Crippen LogP contribution in [0.4, 0.5) is 0 Å². The van der Waals surface area contributed by atoms with Crippen molar-refractivity contribution in [2.24, 2.45) is 0 Å². The molecule has 0 radical (unpaired) electrons. The van der Waals surface area contributed by atoms with Crippen LogP contribution in [0.5, 0.6) is 0 Å². The molecule has 1 N–H and O–H groups in total. The average Bonchev–Trinajstić information content (AvgIpc) is 2.65. The molecule has 1 heterocycles. The van der Waals surface area contributed by atoms with Gasteiger partial charge in [-0.15, -0.1) is 0 Å². The van der Waals surface area contributed by atoms with E-state index in [2.05, 4.69) is 10.3 Å². The van der Waals surface area contributed by atoms with Gasteiger partial charge >= 0.3 is 0 Å². The van der Waals surface area contributed by atoms with Crippen LogP contribution in [0.15, 0.2) is 53.6 Å². The van der Waals surface area contributed by atoms with E-state index in [1.807, 2.05) is 19.1 Å². The van der Waals surface area contributed by atoms with Crippen LogP contribution < -0.4 is 5.32 Å². The van der Waals surface area contributed by atoms with Gasteiger partial charge in [0.25, 0.3) is 5.91 Å². The fourth-order valence-corrected chi connectivity index (χ4v) is 3.51. The first kappa shape index (κ1) is 19.1. The van der Waals surface area contributed by atoms with E-state index in [4.69, 9.17) is 0 Å². The maximum absolute atomic E-state index is 12.6. The number of pyridine rings is 1. The van der Waals surface area contributed by atoms with Gasteiger partial charge in [-0.05, 0) is 36.8 Å². The molecule has 0 saturated carbocycles. The predicted molar refractivity (Wildman–Crippen MR) is 96.6 cm³/mol. The number of carbonyl (C=O) groups excluding carboxylic acids is 1. The molecule has 0 bridgehead atoms. The van der Waals surface area contributed by atoms with Crippen molar-refractivity contribution in [2.45, 2.75) is 31.2 Å². The van der Waals surface area contributed by atoms with Gasteiger partial charge in [0.2, 0.25) is 10.0 Å². The average molecular weight is 361 g/mol. The van der Waals surface area contributed by atoms with Crippen molar-refractivity contribution in [2.75, 3.05) is 13.6 Å². The Hall–Kier alpha value is -2.25. The first-order valence-corrected chi connectivity index (χ1v) is 9.63. The molecular weight excluding hydrogens is 338 g/mol. The van der Waals surface area contributed by atoms with Crippen LogP contribution in [-0.4, -0.2) is 37.2 Å². The Bertz CT molecular complexity index is 807. The smallest absolute Gasteiger partial charge is 0.251 e. The Kier molecular flexibility index (Phi) is 6.66.